The van der Waals surface area contributed by atoms with Gasteiger partial charge in [-0.25, -0.2) is 0 Å². The van der Waals surface area contributed by atoms with E-state index in [1.54, 1.807) is 25.1 Å². The highest BCUT2D eigenvalue weighted by atomic mass is 16.3. The Bertz CT molecular complexity index is 640. The monoisotopic (exact) mass is 284 g/mol. The highest BCUT2D eigenvalue weighted by Crippen LogP contribution is 2.22. The van der Waals surface area contributed by atoms with Crippen LogP contribution in [0.1, 0.15) is 28.4 Å². The summed E-state index contributed by atoms with van der Waals surface area (Å²) in [4.78, 5) is 12.5. The molecule has 0 aromatic heterocycles. The van der Waals surface area contributed by atoms with Gasteiger partial charge in [0.05, 0.1) is 12.1 Å². The van der Waals surface area contributed by atoms with Gasteiger partial charge >= 0.3 is 0 Å². The molecule has 0 spiro atoms. The molecular weight excluding hydrogens is 264 g/mol. The highest BCUT2D eigenvalue weighted by molar-refractivity contribution is 5.97. The van der Waals surface area contributed by atoms with Crippen molar-refractivity contribution in [2.75, 3.05) is 12.3 Å². The summed E-state index contributed by atoms with van der Waals surface area (Å²) in [6.07, 6.45) is 0. The largest absolute Gasteiger partial charge is 0.398 e. The predicted octanol–water partition coefficient (Wildman–Crippen LogP) is 2.21. The van der Waals surface area contributed by atoms with Crippen molar-refractivity contribution in [1.29, 1.82) is 0 Å². The number of hydrogen-bond acceptors (Lipinski definition) is 3. The summed E-state index contributed by atoms with van der Waals surface area (Å²) in [6.45, 7) is 3.41. The first-order chi connectivity index (χ1) is 9.98. The molecular formula is C17H20N2O2. The van der Waals surface area contributed by atoms with Crippen LogP contribution in [0.4, 0.5) is 5.69 Å². The summed E-state index contributed by atoms with van der Waals surface area (Å²) in [5, 5.41) is 12.6. The fourth-order valence-electron chi connectivity index (χ4n) is 2.23. The molecule has 2 rings (SSSR count). The van der Waals surface area contributed by atoms with Gasteiger partial charge < -0.3 is 16.2 Å². The second-order valence-corrected chi connectivity index (χ2v) is 5.33. The Morgan fingerprint density at radius 3 is 2.48 bits per heavy atom. The Labute approximate surface area is 124 Å². The van der Waals surface area contributed by atoms with Gasteiger partial charge in [0.15, 0.2) is 0 Å². The van der Waals surface area contributed by atoms with Crippen LogP contribution in [-0.2, 0) is 5.54 Å². The molecule has 0 aliphatic carbocycles. The Kier molecular flexibility index (Phi) is 4.29. The van der Waals surface area contributed by atoms with Crippen molar-refractivity contribution >= 4 is 11.6 Å². The molecule has 4 heteroatoms. The Balaban J connectivity index is 2.30. The number of carbonyl (C=O) groups excluding carboxylic acids is 1. The van der Waals surface area contributed by atoms with Gasteiger partial charge in [-0.15, -0.1) is 0 Å². The second kappa shape index (κ2) is 5.97. The Morgan fingerprint density at radius 1 is 1.19 bits per heavy atom. The number of amides is 1. The fourth-order valence-corrected chi connectivity index (χ4v) is 2.23. The number of nitrogens with one attached hydrogen (secondary N) is 1. The van der Waals surface area contributed by atoms with Crippen LogP contribution in [0.3, 0.4) is 0 Å². The molecule has 1 amide bonds. The lowest BCUT2D eigenvalue weighted by Gasteiger charge is -2.29. The molecule has 21 heavy (non-hydrogen) atoms. The number of anilines is 1. The molecule has 2 aromatic carbocycles. The average molecular weight is 284 g/mol. The first kappa shape index (κ1) is 15.1. The van der Waals surface area contributed by atoms with Crippen LogP contribution in [0, 0.1) is 6.92 Å². The lowest BCUT2D eigenvalue weighted by Crippen LogP contribution is -2.46. The first-order valence-corrected chi connectivity index (χ1v) is 6.82. The van der Waals surface area contributed by atoms with E-state index in [0.29, 0.717) is 11.3 Å². The molecule has 0 aliphatic rings. The summed E-state index contributed by atoms with van der Waals surface area (Å²) in [6, 6.07) is 14.6. The molecule has 4 nitrogen and oxygen atoms in total. The standard InChI is InChI=1S/C17H20N2O2/c1-12-14(9-6-10-15(12)18)16(21)19-17(2,11-20)13-7-4-3-5-8-13/h3-10,20H,11,18H2,1-2H3,(H,19,21). The molecule has 2 aromatic rings. The number of rotatable bonds is 4. The van der Waals surface area contributed by atoms with Gasteiger partial charge in [-0.3, -0.25) is 4.79 Å². The van der Waals surface area contributed by atoms with E-state index in [4.69, 9.17) is 5.73 Å². The number of hydrogen-bond donors (Lipinski definition) is 3. The van der Waals surface area contributed by atoms with Gasteiger partial charge in [-0.1, -0.05) is 36.4 Å². The molecule has 0 bridgehead atoms. The van der Waals surface area contributed by atoms with Crippen molar-refractivity contribution in [1.82, 2.24) is 5.32 Å². The maximum absolute atomic E-state index is 12.5. The van der Waals surface area contributed by atoms with E-state index >= 15 is 0 Å². The quantitative estimate of drug-likeness (QED) is 0.754. The molecule has 1 atom stereocenters. The van der Waals surface area contributed by atoms with Crippen molar-refractivity contribution in [2.45, 2.75) is 19.4 Å². The normalized spacial score (nSPS) is 13.5. The maximum Gasteiger partial charge on any atom is 0.252 e. The number of carbonyl (C=O) groups is 1. The predicted molar refractivity (Wildman–Crippen MR) is 83.9 cm³/mol. The molecule has 4 N–H and O–H groups in total. The average Bonchev–Trinajstić information content (AvgIpc) is 2.50. The van der Waals surface area contributed by atoms with Gasteiger partial charge in [-0.2, -0.15) is 0 Å². The summed E-state index contributed by atoms with van der Waals surface area (Å²) >= 11 is 0. The van der Waals surface area contributed by atoms with Crippen LogP contribution in [0.5, 0.6) is 0 Å². The molecule has 110 valence electrons. The summed E-state index contributed by atoms with van der Waals surface area (Å²) in [5.41, 5.74) is 7.68. The van der Waals surface area contributed by atoms with Crippen molar-refractivity contribution in [3.05, 3.63) is 65.2 Å². The Hall–Kier alpha value is -2.33. The molecule has 1 unspecified atom stereocenters. The van der Waals surface area contributed by atoms with Gasteiger partial charge in [-0.05, 0) is 37.1 Å². The van der Waals surface area contributed by atoms with Crippen LogP contribution in [0.2, 0.25) is 0 Å². The van der Waals surface area contributed by atoms with Crippen molar-refractivity contribution in [3.8, 4) is 0 Å². The topological polar surface area (TPSA) is 75.4 Å². The zero-order chi connectivity index (χ0) is 15.5. The van der Waals surface area contributed by atoms with Gasteiger partial charge in [0, 0.05) is 11.3 Å². The molecule has 0 fully saturated rings. The van der Waals surface area contributed by atoms with Crippen LogP contribution in [-0.4, -0.2) is 17.6 Å². The molecule has 0 radical (unpaired) electrons. The van der Waals surface area contributed by atoms with Crippen LogP contribution < -0.4 is 11.1 Å². The number of benzene rings is 2. The van der Waals surface area contributed by atoms with E-state index in [1.165, 1.54) is 0 Å². The van der Waals surface area contributed by atoms with Crippen LogP contribution in [0.25, 0.3) is 0 Å². The third-order valence-electron chi connectivity index (χ3n) is 3.74. The number of aliphatic hydroxyl groups is 1. The summed E-state index contributed by atoms with van der Waals surface area (Å²) in [5.74, 6) is -0.250. The van der Waals surface area contributed by atoms with Crippen molar-refractivity contribution < 1.29 is 9.90 Å². The lowest BCUT2D eigenvalue weighted by molar-refractivity contribution is 0.0849. The van der Waals surface area contributed by atoms with Crippen molar-refractivity contribution in [2.24, 2.45) is 0 Å². The van der Waals surface area contributed by atoms with E-state index in [9.17, 15) is 9.90 Å². The van der Waals surface area contributed by atoms with Crippen LogP contribution >= 0.6 is 0 Å². The number of nitrogens with two attached hydrogens (primary N) is 1. The summed E-state index contributed by atoms with van der Waals surface area (Å²) < 4.78 is 0. The SMILES string of the molecule is Cc1c(N)cccc1C(=O)NC(C)(CO)c1ccccc1. The fraction of sp³-hybridized carbons (Fsp3) is 0.235. The first-order valence-electron chi connectivity index (χ1n) is 6.82. The van der Waals surface area contributed by atoms with E-state index in [2.05, 4.69) is 5.32 Å². The van der Waals surface area contributed by atoms with Gasteiger partial charge in [0.25, 0.3) is 5.91 Å². The minimum atomic E-state index is -0.838. The minimum Gasteiger partial charge on any atom is -0.398 e. The Morgan fingerprint density at radius 2 is 1.86 bits per heavy atom. The summed E-state index contributed by atoms with van der Waals surface area (Å²) in [7, 11) is 0. The van der Waals surface area contributed by atoms with E-state index in [-0.39, 0.29) is 12.5 Å². The van der Waals surface area contributed by atoms with E-state index in [0.717, 1.165) is 11.1 Å². The minimum absolute atomic E-state index is 0.190. The number of nitrogen functional groups attached to an aromatic ring is 1. The second-order valence-electron chi connectivity index (χ2n) is 5.33. The number of aliphatic hydroxyl groups excluding tert-OH is 1. The molecule has 0 saturated heterocycles. The smallest absolute Gasteiger partial charge is 0.252 e. The third kappa shape index (κ3) is 3.06. The van der Waals surface area contributed by atoms with E-state index < -0.39 is 5.54 Å². The third-order valence-corrected chi connectivity index (χ3v) is 3.74. The highest BCUT2D eigenvalue weighted by Gasteiger charge is 2.28. The lowest BCUT2D eigenvalue weighted by atomic mass is 9.92. The molecule has 0 heterocycles. The molecule has 0 aliphatic heterocycles. The van der Waals surface area contributed by atoms with Crippen LogP contribution in [0.15, 0.2) is 48.5 Å². The zero-order valence-electron chi connectivity index (χ0n) is 12.3. The zero-order valence-corrected chi connectivity index (χ0v) is 12.3. The van der Waals surface area contributed by atoms with Gasteiger partial charge in [0.1, 0.15) is 0 Å². The molecule has 0 saturated carbocycles. The maximum atomic E-state index is 12.5. The van der Waals surface area contributed by atoms with Gasteiger partial charge in [0.2, 0.25) is 0 Å². The van der Waals surface area contributed by atoms with E-state index in [1.807, 2.05) is 37.3 Å². The van der Waals surface area contributed by atoms with Crippen molar-refractivity contribution in [3.63, 3.8) is 0 Å².